The van der Waals surface area contributed by atoms with Gasteiger partial charge in [0.15, 0.2) is 0 Å². The van der Waals surface area contributed by atoms with Crippen molar-refractivity contribution >= 4 is 74.1 Å². The number of benzene rings is 6. The smallest absolute Gasteiger partial charge is 0.143 e. The summed E-state index contributed by atoms with van der Waals surface area (Å²) in [4.78, 5) is 11.7. The monoisotopic (exact) mass is 598 g/mol. The molecule has 208 valence electrons. The molecule has 0 radical (unpaired) electrons. The lowest BCUT2D eigenvalue weighted by Crippen LogP contribution is -2.01. The van der Waals surface area contributed by atoms with E-state index in [0.29, 0.717) is 6.42 Å². The van der Waals surface area contributed by atoms with Crippen molar-refractivity contribution < 1.29 is 0 Å². The summed E-state index contributed by atoms with van der Waals surface area (Å²) in [7, 11) is 0. The molecule has 9 aromatic rings. The highest BCUT2D eigenvalue weighted by atomic mass is 32.1. The van der Waals surface area contributed by atoms with E-state index in [1.165, 1.54) is 63.3 Å². The molecule has 2 nitrogen and oxygen atoms in total. The molecule has 0 atom stereocenters. The molecule has 44 heavy (non-hydrogen) atoms. The van der Waals surface area contributed by atoms with Crippen molar-refractivity contribution in [1.29, 1.82) is 0 Å². The van der Waals surface area contributed by atoms with E-state index in [0.717, 1.165) is 27.3 Å². The van der Waals surface area contributed by atoms with Gasteiger partial charge in [0.1, 0.15) is 10.3 Å². The molecule has 0 amide bonds. The summed E-state index contributed by atoms with van der Waals surface area (Å²) < 4.78 is 3.85. The molecule has 0 N–H and O–H groups in total. The first-order valence-corrected chi connectivity index (χ1v) is 16.5. The van der Waals surface area contributed by atoms with Crippen molar-refractivity contribution in [2.75, 3.05) is 0 Å². The minimum atomic E-state index is 0.690. The van der Waals surface area contributed by atoms with Gasteiger partial charge < -0.3 is 0 Å². The normalized spacial score (nSPS) is 11.8. The molecule has 9 rings (SSSR count). The molecule has 0 saturated heterocycles. The highest BCUT2D eigenvalue weighted by Crippen LogP contribution is 2.43. The fourth-order valence-corrected chi connectivity index (χ4v) is 8.80. The van der Waals surface area contributed by atoms with Crippen LogP contribution < -0.4 is 0 Å². The fourth-order valence-electron chi connectivity index (χ4n) is 6.59. The number of aromatic nitrogens is 2. The summed E-state index contributed by atoms with van der Waals surface area (Å²) in [5.74, 6) is 0. The maximum absolute atomic E-state index is 5.36. The first kappa shape index (κ1) is 25.6. The fraction of sp³-hybridized carbons (Fsp3) is 0.0500. The van der Waals surface area contributed by atoms with E-state index in [1.807, 2.05) is 11.3 Å². The molecule has 0 aliphatic carbocycles. The Bertz CT molecular complexity index is 2540. The number of hydrogen-bond acceptors (Lipinski definition) is 4. The molecule has 0 spiro atoms. The highest BCUT2D eigenvalue weighted by molar-refractivity contribution is 7.26. The molecule has 6 aromatic carbocycles. The van der Waals surface area contributed by atoms with Crippen LogP contribution in [0.3, 0.4) is 0 Å². The Morgan fingerprint density at radius 2 is 1.34 bits per heavy atom. The lowest BCUT2D eigenvalue weighted by Gasteiger charge is -2.15. The molecule has 0 saturated carbocycles. The first-order valence-electron chi connectivity index (χ1n) is 14.9. The first-order chi connectivity index (χ1) is 21.7. The third kappa shape index (κ3) is 4.06. The molecule has 3 heterocycles. The molecule has 0 aliphatic heterocycles. The average molecular weight is 599 g/mol. The Kier molecular flexibility index (Phi) is 5.87. The van der Waals surface area contributed by atoms with E-state index in [1.54, 1.807) is 11.3 Å². The van der Waals surface area contributed by atoms with Gasteiger partial charge in [-0.25, -0.2) is 9.97 Å². The van der Waals surface area contributed by atoms with Crippen LogP contribution in [0.1, 0.15) is 16.8 Å². The Labute approximate surface area is 262 Å². The van der Waals surface area contributed by atoms with Gasteiger partial charge >= 0.3 is 0 Å². The number of nitrogens with zero attached hydrogens (tertiary/aromatic N) is 2. The zero-order valence-corrected chi connectivity index (χ0v) is 25.7. The Hall–Kier alpha value is -4.90. The lowest BCUT2D eigenvalue weighted by atomic mass is 9.91. The Balaban J connectivity index is 1.32. The molecule has 0 fully saturated rings. The van der Waals surface area contributed by atoms with Crippen LogP contribution >= 0.6 is 22.7 Å². The van der Waals surface area contributed by atoms with Crippen molar-refractivity contribution in [3.05, 3.63) is 144 Å². The van der Waals surface area contributed by atoms with Crippen LogP contribution in [0.4, 0.5) is 0 Å². The lowest BCUT2D eigenvalue weighted by molar-refractivity contribution is 1.08. The van der Waals surface area contributed by atoms with Crippen LogP contribution in [-0.4, -0.2) is 9.97 Å². The van der Waals surface area contributed by atoms with Gasteiger partial charge in [0.05, 0.1) is 11.4 Å². The van der Waals surface area contributed by atoms with E-state index in [-0.39, 0.29) is 0 Å². The summed E-state index contributed by atoms with van der Waals surface area (Å²) >= 11 is 3.61. The van der Waals surface area contributed by atoms with Crippen LogP contribution in [0, 0.1) is 6.92 Å². The average Bonchev–Trinajstić information content (AvgIpc) is 3.62. The quantitative estimate of drug-likeness (QED) is 0.201. The third-order valence-electron chi connectivity index (χ3n) is 8.71. The van der Waals surface area contributed by atoms with Gasteiger partial charge in [-0.1, -0.05) is 103 Å². The Morgan fingerprint density at radius 3 is 2.23 bits per heavy atom. The molecule has 0 unspecified atom stereocenters. The van der Waals surface area contributed by atoms with Gasteiger partial charge in [-0.3, -0.25) is 0 Å². The predicted molar refractivity (Wildman–Crippen MR) is 190 cm³/mol. The van der Waals surface area contributed by atoms with E-state index < -0.39 is 0 Å². The summed E-state index contributed by atoms with van der Waals surface area (Å²) in [5, 5.41) is 6.43. The van der Waals surface area contributed by atoms with Crippen molar-refractivity contribution in [2.45, 2.75) is 13.3 Å². The summed E-state index contributed by atoms with van der Waals surface area (Å²) in [6, 6.07) is 45.9. The molecule has 3 aromatic heterocycles. The van der Waals surface area contributed by atoms with Crippen LogP contribution in [0.5, 0.6) is 0 Å². The number of rotatable bonds is 4. The summed E-state index contributed by atoms with van der Waals surface area (Å²) in [6.07, 6.45) is 0.690. The summed E-state index contributed by atoms with van der Waals surface area (Å²) in [5.41, 5.74) is 9.12. The van der Waals surface area contributed by atoms with Crippen LogP contribution in [0.25, 0.3) is 73.8 Å². The van der Waals surface area contributed by atoms with Crippen LogP contribution in [-0.2, 0) is 6.42 Å². The molecular weight excluding hydrogens is 573 g/mol. The topological polar surface area (TPSA) is 25.8 Å². The van der Waals surface area contributed by atoms with Crippen LogP contribution in [0.15, 0.2) is 127 Å². The number of thiophene rings is 2. The molecular formula is C40H26N2S2. The number of fused-ring (bicyclic) bond motifs is 8. The van der Waals surface area contributed by atoms with E-state index >= 15 is 0 Å². The van der Waals surface area contributed by atoms with Gasteiger partial charge in [-0.05, 0) is 64.2 Å². The van der Waals surface area contributed by atoms with E-state index in [2.05, 4.69) is 134 Å². The molecule has 4 heteroatoms. The van der Waals surface area contributed by atoms with Gasteiger partial charge in [0.2, 0.25) is 0 Å². The van der Waals surface area contributed by atoms with Gasteiger partial charge in [0, 0.05) is 42.2 Å². The molecule has 0 aliphatic rings. The number of aryl methyl sites for hydroxylation is 1. The predicted octanol–water partition coefficient (Wildman–Crippen LogP) is 11.6. The minimum absolute atomic E-state index is 0.690. The second-order valence-electron chi connectivity index (χ2n) is 11.4. The third-order valence-corrected chi connectivity index (χ3v) is 10.9. The van der Waals surface area contributed by atoms with Gasteiger partial charge in [0.25, 0.3) is 0 Å². The van der Waals surface area contributed by atoms with Crippen molar-refractivity contribution in [3.8, 4) is 22.4 Å². The van der Waals surface area contributed by atoms with Gasteiger partial charge in [-0.2, -0.15) is 0 Å². The van der Waals surface area contributed by atoms with E-state index in [4.69, 9.17) is 9.97 Å². The maximum atomic E-state index is 5.36. The van der Waals surface area contributed by atoms with E-state index in [9.17, 15) is 0 Å². The zero-order chi connectivity index (χ0) is 29.2. The molecule has 0 bridgehead atoms. The Morgan fingerprint density at radius 1 is 0.568 bits per heavy atom. The van der Waals surface area contributed by atoms with Crippen LogP contribution in [0.2, 0.25) is 0 Å². The largest absolute Gasteiger partial charge is 0.243 e. The highest BCUT2D eigenvalue weighted by Gasteiger charge is 2.20. The minimum Gasteiger partial charge on any atom is -0.243 e. The second-order valence-corrected chi connectivity index (χ2v) is 13.5. The number of hydrogen-bond donors (Lipinski definition) is 0. The van der Waals surface area contributed by atoms with Crippen molar-refractivity contribution in [2.24, 2.45) is 0 Å². The standard InChI is InChI=1S/C40H26N2S2/c1-24-11-5-7-15-28(24)31-23-32-36(43-35-20-19-25-12-6-8-16-29(25)37(32)35)22-27(31)21-33-38(26-13-3-2-4-14-26)42-39-30-17-9-10-18-34(30)44-40(39)41-33/h2-20,22-23H,21H2,1H3. The SMILES string of the molecule is Cc1ccccc1-c1cc2c(cc1Cc1nc3sc4ccccc4c3nc1-c1ccccc1)sc1ccc3ccccc3c12. The second kappa shape index (κ2) is 10.1. The summed E-state index contributed by atoms with van der Waals surface area (Å²) in [6.45, 7) is 2.21. The van der Waals surface area contributed by atoms with Crippen molar-refractivity contribution in [1.82, 2.24) is 9.97 Å². The van der Waals surface area contributed by atoms with Gasteiger partial charge in [-0.15, -0.1) is 22.7 Å². The zero-order valence-electron chi connectivity index (χ0n) is 24.0. The maximum Gasteiger partial charge on any atom is 0.143 e. The van der Waals surface area contributed by atoms with Crippen molar-refractivity contribution in [3.63, 3.8) is 0 Å².